The van der Waals surface area contributed by atoms with Crippen LogP contribution < -0.4 is 24.7 Å². The number of carbonyl (C=O) groups is 1. The summed E-state index contributed by atoms with van der Waals surface area (Å²) in [6, 6.07) is 27.7. The fourth-order valence-electron chi connectivity index (χ4n) is 4.40. The van der Waals surface area contributed by atoms with Gasteiger partial charge in [-0.3, -0.25) is 0 Å². The van der Waals surface area contributed by atoms with Gasteiger partial charge in [0.25, 0.3) is 0 Å². The molecule has 4 aromatic carbocycles. The van der Waals surface area contributed by atoms with Crippen LogP contribution in [0, 0.1) is 17.1 Å². The molecule has 1 heterocycles. The molecule has 0 radical (unpaired) electrons. The fraction of sp³-hybridized carbons (Fsp3) is 0.0909. The Morgan fingerprint density at radius 1 is 1.00 bits per heavy atom. The van der Waals surface area contributed by atoms with Gasteiger partial charge in [0.1, 0.15) is 47.1 Å². The number of ether oxygens (including phenoxy) is 4. The summed E-state index contributed by atoms with van der Waals surface area (Å²) in [4.78, 5) is 12.5. The SMILES string of the molecule is COc1ccc(/C=C/C(=O)Oc2ccc3c(c2)OC(N)=C(C#N)C3c2cccc(OCc3ccc(F)cc3)c2)cc1. The van der Waals surface area contributed by atoms with E-state index in [0.29, 0.717) is 22.8 Å². The minimum Gasteiger partial charge on any atom is -0.497 e. The molecule has 0 aromatic heterocycles. The Bertz CT molecular complexity index is 1670. The Morgan fingerprint density at radius 2 is 1.76 bits per heavy atom. The molecule has 1 aliphatic rings. The first-order chi connectivity index (χ1) is 19.9. The number of nitriles is 1. The maximum absolute atomic E-state index is 13.2. The average Bonchev–Trinajstić information content (AvgIpc) is 2.99. The minimum absolute atomic E-state index is 0.0366. The van der Waals surface area contributed by atoms with E-state index < -0.39 is 11.9 Å². The van der Waals surface area contributed by atoms with E-state index in [-0.39, 0.29) is 29.6 Å². The Labute approximate surface area is 236 Å². The summed E-state index contributed by atoms with van der Waals surface area (Å²) in [5.74, 6) is 0.471. The number of benzene rings is 4. The number of carbonyl (C=O) groups excluding carboxylic acids is 1. The molecule has 1 aliphatic heterocycles. The third kappa shape index (κ3) is 6.37. The van der Waals surface area contributed by atoms with E-state index in [4.69, 9.17) is 24.7 Å². The van der Waals surface area contributed by atoms with E-state index in [2.05, 4.69) is 6.07 Å². The number of nitrogens with two attached hydrogens (primary N) is 1. The molecule has 7 nitrogen and oxygen atoms in total. The zero-order valence-corrected chi connectivity index (χ0v) is 22.0. The van der Waals surface area contributed by atoms with Crippen molar-refractivity contribution in [1.29, 1.82) is 5.26 Å². The lowest BCUT2D eigenvalue weighted by atomic mass is 9.83. The number of hydrogen-bond donors (Lipinski definition) is 1. The second-order valence-electron chi connectivity index (χ2n) is 9.14. The van der Waals surface area contributed by atoms with Crippen molar-refractivity contribution in [3.8, 4) is 29.1 Å². The van der Waals surface area contributed by atoms with Crippen molar-refractivity contribution in [2.45, 2.75) is 12.5 Å². The van der Waals surface area contributed by atoms with Crippen LogP contribution in [0.3, 0.4) is 0 Å². The monoisotopic (exact) mass is 548 g/mol. The average molecular weight is 549 g/mol. The Morgan fingerprint density at radius 3 is 2.49 bits per heavy atom. The van der Waals surface area contributed by atoms with Crippen LogP contribution in [-0.4, -0.2) is 13.1 Å². The summed E-state index contributed by atoms with van der Waals surface area (Å²) in [5.41, 5.74) is 9.47. The summed E-state index contributed by atoms with van der Waals surface area (Å²) < 4.78 is 35.5. The summed E-state index contributed by atoms with van der Waals surface area (Å²) >= 11 is 0. The van der Waals surface area contributed by atoms with Gasteiger partial charge < -0.3 is 24.7 Å². The first kappa shape index (κ1) is 27.0. The molecule has 1 atom stereocenters. The van der Waals surface area contributed by atoms with E-state index in [0.717, 1.165) is 16.7 Å². The molecule has 8 heteroatoms. The zero-order valence-electron chi connectivity index (χ0n) is 22.0. The summed E-state index contributed by atoms with van der Waals surface area (Å²) in [6.07, 6.45) is 2.96. The smallest absolute Gasteiger partial charge is 0.336 e. The highest BCUT2D eigenvalue weighted by Gasteiger charge is 2.31. The summed E-state index contributed by atoms with van der Waals surface area (Å²) in [7, 11) is 1.58. The quantitative estimate of drug-likeness (QED) is 0.158. The van der Waals surface area contributed by atoms with Gasteiger partial charge in [0.2, 0.25) is 5.88 Å². The third-order valence-electron chi connectivity index (χ3n) is 6.45. The van der Waals surface area contributed by atoms with Crippen LogP contribution in [0.4, 0.5) is 4.39 Å². The Kier molecular flexibility index (Phi) is 7.98. The van der Waals surface area contributed by atoms with Crippen LogP contribution in [0.2, 0.25) is 0 Å². The number of fused-ring (bicyclic) bond motifs is 1. The van der Waals surface area contributed by atoms with E-state index in [1.807, 2.05) is 30.3 Å². The van der Waals surface area contributed by atoms with Gasteiger partial charge >= 0.3 is 5.97 Å². The highest BCUT2D eigenvalue weighted by Crippen LogP contribution is 2.44. The lowest BCUT2D eigenvalue weighted by Crippen LogP contribution is -2.21. The molecule has 0 fully saturated rings. The molecule has 41 heavy (non-hydrogen) atoms. The van der Waals surface area contributed by atoms with Crippen molar-refractivity contribution in [2.24, 2.45) is 5.73 Å². The largest absolute Gasteiger partial charge is 0.497 e. The van der Waals surface area contributed by atoms with Crippen molar-refractivity contribution in [1.82, 2.24) is 0 Å². The number of hydrogen-bond acceptors (Lipinski definition) is 7. The van der Waals surface area contributed by atoms with E-state index in [1.165, 1.54) is 18.2 Å². The summed E-state index contributed by atoms with van der Waals surface area (Å²) in [5, 5.41) is 9.90. The van der Waals surface area contributed by atoms with Gasteiger partial charge in [-0.25, -0.2) is 9.18 Å². The number of nitrogens with zero attached hydrogens (tertiary/aromatic N) is 1. The minimum atomic E-state index is -0.569. The van der Waals surface area contributed by atoms with Gasteiger partial charge in [-0.15, -0.1) is 0 Å². The van der Waals surface area contributed by atoms with Crippen molar-refractivity contribution in [3.63, 3.8) is 0 Å². The summed E-state index contributed by atoms with van der Waals surface area (Å²) in [6.45, 7) is 0.249. The van der Waals surface area contributed by atoms with Crippen LogP contribution >= 0.6 is 0 Å². The standard InChI is InChI=1S/C33H25FN2O5/c1-38-25-12-7-21(8-13-25)9-16-31(37)40-27-14-15-28-30(18-27)41-33(36)29(19-35)32(28)23-3-2-4-26(17-23)39-20-22-5-10-24(34)11-6-22/h2-18,32H,20,36H2,1H3/b16-9+. The second-order valence-corrected chi connectivity index (χ2v) is 9.14. The van der Waals surface area contributed by atoms with Gasteiger partial charge in [-0.2, -0.15) is 5.26 Å². The molecule has 204 valence electrons. The third-order valence-corrected chi connectivity index (χ3v) is 6.45. The fourth-order valence-corrected chi connectivity index (χ4v) is 4.40. The van der Waals surface area contributed by atoms with Crippen molar-refractivity contribution < 1.29 is 28.1 Å². The van der Waals surface area contributed by atoms with E-state index in [1.54, 1.807) is 61.7 Å². The molecule has 0 saturated carbocycles. The maximum Gasteiger partial charge on any atom is 0.336 e. The Balaban J connectivity index is 1.35. The lowest BCUT2D eigenvalue weighted by molar-refractivity contribution is -0.128. The second kappa shape index (κ2) is 12.1. The number of esters is 1. The molecular weight excluding hydrogens is 523 g/mol. The molecule has 0 bridgehead atoms. The molecule has 4 aromatic rings. The van der Waals surface area contributed by atoms with Crippen LogP contribution in [0.1, 0.15) is 28.2 Å². The first-order valence-corrected chi connectivity index (χ1v) is 12.7. The molecule has 2 N–H and O–H groups in total. The highest BCUT2D eigenvalue weighted by atomic mass is 19.1. The van der Waals surface area contributed by atoms with Gasteiger partial charge in [0, 0.05) is 17.7 Å². The molecule has 0 amide bonds. The number of methoxy groups -OCH3 is 1. The lowest BCUT2D eigenvalue weighted by Gasteiger charge is -2.27. The molecule has 0 aliphatic carbocycles. The van der Waals surface area contributed by atoms with Crippen LogP contribution in [0.25, 0.3) is 6.08 Å². The van der Waals surface area contributed by atoms with Gasteiger partial charge in [0.15, 0.2) is 0 Å². The first-order valence-electron chi connectivity index (χ1n) is 12.7. The normalized spacial score (nSPS) is 14.1. The van der Waals surface area contributed by atoms with Crippen molar-refractivity contribution in [3.05, 3.63) is 137 Å². The number of rotatable bonds is 8. The van der Waals surface area contributed by atoms with Crippen LogP contribution in [0.5, 0.6) is 23.0 Å². The molecular formula is C33H25FN2O5. The van der Waals surface area contributed by atoms with Crippen molar-refractivity contribution >= 4 is 12.0 Å². The van der Waals surface area contributed by atoms with Crippen LogP contribution in [0.15, 0.2) is 109 Å². The Hall–Kier alpha value is -5.55. The van der Waals surface area contributed by atoms with Crippen molar-refractivity contribution in [2.75, 3.05) is 7.11 Å². The maximum atomic E-state index is 13.2. The zero-order chi connectivity index (χ0) is 28.8. The molecule has 0 saturated heterocycles. The highest BCUT2D eigenvalue weighted by molar-refractivity contribution is 5.88. The molecule has 5 rings (SSSR count). The predicted molar refractivity (Wildman–Crippen MR) is 151 cm³/mol. The topological polar surface area (TPSA) is 104 Å². The van der Waals surface area contributed by atoms with Gasteiger partial charge in [-0.1, -0.05) is 42.5 Å². The van der Waals surface area contributed by atoms with Gasteiger partial charge in [-0.05, 0) is 65.2 Å². The van der Waals surface area contributed by atoms with Gasteiger partial charge in [0.05, 0.1) is 13.0 Å². The number of halogens is 1. The predicted octanol–water partition coefficient (Wildman–Crippen LogP) is 6.25. The van der Waals surface area contributed by atoms with E-state index in [9.17, 15) is 14.4 Å². The number of allylic oxidation sites excluding steroid dienone is 1. The van der Waals surface area contributed by atoms with E-state index >= 15 is 0 Å². The van der Waals surface area contributed by atoms with Crippen LogP contribution in [-0.2, 0) is 11.4 Å². The molecule has 1 unspecified atom stereocenters. The molecule has 0 spiro atoms.